The summed E-state index contributed by atoms with van der Waals surface area (Å²) in [6.45, 7) is 0. The van der Waals surface area contributed by atoms with E-state index in [0.29, 0.717) is 11.3 Å². The number of imidazole rings is 1. The van der Waals surface area contributed by atoms with Crippen molar-refractivity contribution >= 4 is 28.3 Å². The summed E-state index contributed by atoms with van der Waals surface area (Å²) in [5.74, 6) is 0.242. The Kier molecular flexibility index (Phi) is 3.12. The van der Waals surface area contributed by atoms with Crippen LogP contribution in [0.25, 0.3) is 16.7 Å². The highest BCUT2D eigenvalue weighted by Crippen LogP contribution is 2.27. The smallest absolute Gasteiger partial charge is 0.293 e. The van der Waals surface area contributed by atoms with E-state index in [0.717, 1.165) is 11.0 Å². The molecule has 0 amide bonds. The molecule has 0 saturated heterocycles. The molecule has 2 aromatic carbocycles. The first-order chi connectivity index (χ1) is 9.70. The average molecular weight is 288 g/mol. The molecule has 1 aromatic heterocycles. The fourth-order valence-electron chi connectivity index (χ4n) is 2.15. The predicted octanol–water partition coefficient (Wildman–Crippen LogP) is 3.67. The summed E-state index contributed by atoms with van der Waals surface area (Å²) in [6.07, 6.45) is 1.59. The maximum atomic E-state index is 11.2. The highest BCUT2D eigenvalue weighted by Gasteiger charge is 2.17. The van der Waals surface area contributed by atoms with Gasteiger partial charge in [-0.3, -0.25) is 14.7 Å². The molecule has 0 atom stereocenters. The van der Waals surface area contributed by atoms with Crippen molar-refractivity contribution in [2.75, 3.05) is 0 Å². The standard InChI is InChI=1S/C14H10ClN3O2/c15-8-10-5-6-13(14(7-10)18(19)20)17-9-16-11-3-1-2-4-12(11)17/h1-7,9H,8H2. The number of nitro benzene ring substituents is 1. The minimum atomic E-state index is -0.403. The summed E-state index contributed by atoms with van der Waals surface area (Å²) >= 11 is 5.73. The van der Waals surface area contributed by atoms with Gasteiger partial charge in [0.2, 0.25) is 0 Å². The van der Waals surface area contributed by atoms with Crippen LogP contribution in [0.2, 0.25) is 0 Å². The maximum Gasteiger partial charge on any atom is 0.293 e. The van der Waals surface area contributed by atoms with Crippen LogP contribution in [0.1, 0.15) is 5.56 Å². The molecule has 1 heterocycles. The van der Waals surface area contributed by atoms with Gasteiger partial charge in [-0.1, -0.05) is 18.2 Å². The number of halogens is 1. The quantitative estimate of drug-likeness (QED) is 0.419. The van der Waals surface area contributed by atoms with Crippen LogP contribution in [0.15, 0.2) is 48.8 Å². The molecule has 3 rings (SSSR count). The molecule has 0 aliphatic rings. The van der Waals surface area contributed by atoms with Gasteiger partial charge in [-0.05, 0) is 23.8 Å². The van der Waals surface area contributed by atoms with E-state index in [4.69, 9.17) is 11.6 Å². The summed E-state index contributed by atoms with van der Waals surface area (Å²) < 4.78 is 1.71. The number of alkyl halides is 1. The second-order valence-electron chi connectivity index (χ2n) is 4.32. The molecule has 0 radical (unpaired) electrons. The molecule has 0 spiro atoms. The number of benzene rings is 2. The minimum Gasteiger partial charge on any atom is -0.293 e. The van der Waals surface area contributed by atoms with Gasteiger partial charge in [0.05, 0.1) is 16.0 Å². The molecule has 0 saturated carbocycles. The molecule has 3 aromatic rings. The van der Waals surface area contributed by atoms with Crippen molar-refractivity contribution in [2.45, 2.75) is 5.88 Å². The summed E-state index contributed by atoms with van der Waals surface area (Å²) in [5, 5.41) is 11.2. The van der Waals surface area contributed by atoms with Crippen LogP contribution in [0.5, 0.6) is 0 Å². The number of aromatic nitrogens is 2. The third-order valence-electron chi connectivity index (χ3n) is 3.10. The first kappa shape index (κ1) is 12.6. The Morgan fingerprint density at radius 2 is 2.05 bits per heavy atom. The van der Waals surface area contributed by atoms with Gasteiger partial charge in [0.15, 0.2) is 0 Å². The number of nitro groups is 1. The van der Waals surface area contributed by atoms with Crippen LogP contribution in [0.3, 0.4) is 0 Å². The summed E-state index contributed by atoms with van der Waals surface area (Å²) in [6, 6.07) is 12.5. The van der Waals surface area contributed by atoms with Crippen LogP contribution in [0.4, 0.5) is 5.69 Å². The highest BCUT2D eigenvalue weighted by atomic mass is 35.5. The third kappa shape index (κ3) is 2.02. The topological polar surface area (TPSA) is 61.0 Å². The van der Waals surface area contributed by atoms with Gasteiger partial charge >= 0.3 is 0 Å². The zero-order chi connectivity index (χ0) is 14.1. The van der Waals surface area contributed by atoms with Gasteiger partial charge in [-0.15, -0.1) is 11.6 Å². The van der Waals surface area contributed by atoms with Crippen LogP contribution in [0, 0.1) is 10.1 Å². The minimum absolute atomic E-state index is 0.0197. The lowest BCUT2D eigenvalue weighted by atomic mass is 10.2. The van der Waals surface area contributed by atoms with Gasteiger partial charge in [0.25, 0.3) is 5.69 Å². The van der Waals surface area contributed by atoms with Gasteiger partial charge in [0, 0.05) is 11.9 Å². The van der Waals surface area contributed by atoms with Crippen LogP contribution in [-0.2, 0) is 5.88 Å². The molecule has 6 heteroatoms. The SMILES string of the molecule is O=[N+]([O-])c1cc(CCl)ccc1-n1cnc2ccccc21. The largest absolute Gasteiger partial charge is 0.293 e. The van der Waals surface area contributed by atoms with Crippen LogP contribution < -0.4 is 0 Å². The Labute approximate surface area is 119 Å². The van der Waals surface area contributed by atoms with Gasteiger partial charge in [0.1, 0.15) is 12.0 Å². The molecule has 20 heavy (non-hydrogen) atoms. The first-order valence-corrected chi connectivity index (χ1v) is 6.50. The number of fused-ring (bicyclic) bond motifs is 1. The summed E-state index contributed by atoms with van der Waals surface area (Å²) in [4.78, 5) is 15.1. The van der Waals surface area contributed by atoms with Crippen molar-refractivity contribution in [3.8, 4) is 5.69 Å². The van der Waals surface area contributed by atoms with Gasteiger partial charge < -0.3 is 0 Å². The molecule has 0 aliphatic heterocycles. The van der Waals surface area contributed by atoms with E-state index in [1.54, 1.807) is 23.0 Å². The Morgan fingerprint density at radius 3 is 2.80 bits per heavy atom. The van der Waals surface area contributed by atoms with E-state index in [1.807, 2.05) is 24.3 Å². The number of nitrogens with zero attached hydrogens (tertiary/aromatic N) is 3. The monoisotopic (exact) mass is 287 g/mol. The van der Waals surface area contributed by atoms with E-state index in [1.165, 1.54) is 6.07 Å². The van der Waals surface area contributed by atoms with Crippen molar-refractivity contribution in [1.82, 2.24) is 9.55 Å². The number of hydrogen-bond donors (Lipinski definition) is 0. The van der Waals surface area contributed by atoms with Crippen molar-refractivity contribution < 1.29 is 4.92 Å². The lowest BCUT2D eigenvalue weighted by Crippen LogP contribution is -2.00. The fraction of sp³-hybridized carbons (Fsp3) is 0.0714. The van der Waals surface area contributed by atoms with Crippen molar-refractivity contribution in [3.05, 3.63) is 64.5 Å². The van der Waals surface area contributed by atoms with Crippen molar-refractivity contribution in [3.63, 3.8) is 0 Å². The maximum absolute atomic E-state index is 11.2. The second-order valence-corrected chi connectivity index (χ2v) is 4.58. The zero-order valence-electron chi connectivity index (χ0n) is 10.4. The number of rotatable bonds is 3. The van der Waals surface area contributed by atoms with Gasteiger partial charge in [-0.25, -0.2) is 4.98 Å². The lowest BCUT2D eigenvalue weighted by Gasteiger charge is -2.06. The van der Waals surface area contributed by atoms with E-state index in [9.17, 15) is 10.1 Å². The van der Waals surface area contributed by atoms with Gasteiger partial charge in [-0.2, -0.15) is 0 Å². The lowest BCUT2D eigenvalue weighted by molar-refractivity contribution is -0.384. The third-order valence-corrected chi connectivity index (χ3v) is 3.41. The summed E-state index contributed by atoms with van der Waals surface area (Å²) in [7, 11) is 0. The Bertz CT molecular complexity index is 798. The Balaban J connectivity index is 2.26. The number of para-hydroxylation sites is 2. The normalized spacial score (nSPS) is 10.8. The molecule has 0 N–H and O–H groups in total. The number of hydrogen-bond acceptors (Lipinski definition) is 3. The Morgan fingerprint density at radius 1 is 1.25 bits per heavy atom. The molecule has 5 nitrogen and oxygen atoms in total. The predicted molar refractivity (Wildman–Crippen MR) is 77.3 cm³/mol. The fourth-order valence-corrected chi connectivity index (χ4v) is 2.32. The second kappa shape index (κ2) is 4.94. The molecule has 0 unspecified atom stereocenters. The summed E-state index contributed by atoms with van der Waals surface area (Å²) in [5.41, 5.74) is 2.84. The molecule has 0 aliphatic carbocycles. The van der Waals surface area contributed by atoms with Crippen molar-refractivity contribution in [2.24, 2.45) is 0 Å². The Hall–Kier alpha value is -2.40. The molecular weight excluding hydrogens is 278 g/mol. The molecule has 0 fully saturated rings. The zero-order valence-corrected chi connectivity index (χ0v) is 11.1. The van der Waals surface area contributed by atoms with Crippen LogP contribution >= 0.6 is 11.6 Å². The highest BCUT2D eigenvalue weighted by molar-refractivity contribution is 6.17. The molecule has 100 valence electrons. The average Bonchev–Trinajstić information content (AvgIpc) is 2.90. The van der Waals surface area contributed by atoms with E-state index < -0.39 is 4.92 Å². The molecule has 0 bridgehead atoms. The van der Waals surface area contributed by atoms with Crippen LogP contribution in [-0.4, -0.2) is 14.5 Å². The van der Waals surface area contributed by atoms with E-state index >= 15 is 0 Å². The van der Waals surface area contributed by atoms with E-state index in [-0.39, 0.29) is 11.6 Å². The van der Waals surface area contributed by atoms with Crippen molar-refractivity contribution in [1.29, 1.82) is 0 Å². The first-order valence-electron chi connectivity index (χ1n) is 5.96. The van der Waals surface area contributed by atoms with E-state index in [2.05, 4.69) is 4.98 Å². The molecular formula is C14H10ClN3O2.